The van der Waals surface area contributed by atoms with Gasteiger partial charge in [-0.25, -0.2) is 4.98 Å². The molecule has 1 aromatic heterocycles. The molecule has 0 atom stereocenters. The van der Waals surface area contributed by atoms with Crippen LogP contribution in [-0.2, 0) is 4.79 Å². The monoisotopic (exact) mass is 384 g/mol. The molecule has 1 N–H and O–H groups in total. The summed E-state index contributed by atoms with van der Waals surface area (Å²) in [5.41, 5.74) is 2.07. The first-order chi connectivity index (χ1) is 12.7. The Morgan fingerprint density at radius 2 is 1.92 bits per heavy atom. The molecule has 0 unspecified atom stereocenters. The molecule has 3 aromatic rings. The summed E-state index contributed by atoms with van der Waals surface area (Å²) in [4.78, 5) is 17.5. The van der Waals surface area contributed by atoms with E-state index in [4.69, 9.17) is 4.74 Å². The smallest absolute Gasteiger partial charge is 0.257 e. The van der Waals surface area contributed by atoms with E-state index in [9.17, 15) is 4.79 Å². The van der Waals surface area contributed by atoms with Gasteiger partial charge >= 0.3 is 0 Å². The van der Waals surface area contributed by atoms with Crippen LogP contribution in [0, 0.1) is 6.92 Å². The Morgan fingerprint density at radius 3 is 2.62 bits per heavy atom. The summed E-state index contributed by atoms with van der Waals surface area (Å²) in [6.45, 7) is 2.62. The molecule has 2 aromatic carbocycles. The average molecular weight is 385 g/mol. The van der Waals surface area contributed by atoms with Crippen molar-refractivity contribution in [1.29, 1.82) is 0 Å². The van der Waals surface area contributed by atoms with Crippen molar-refractivity contribution >= 4 is 29.0 Å². The summed E-state index contributed by atoms with van der Waals surface area (Å²) in [6, 6.07) is 17.8. The minimum Gasteiger partial charge on any atom is -0.484 e. The van der Waals surface area contributed by atoms with Gasteiger partial charge in [-0.1, -0.05) is 18.2 Å². The number of nitrogens with one attached hydrogen (secondary N) is 1. The Balaban J connectivity index is 1.37. The number of hydrogen-bond acceptors (Lipinski definition) is 5. The van der Waals surface area contributed by atoms with Crippen molar-refractivity contribution in [2.75, 3.05) is 18.9 Å². The molecule has 0 aliphatic rings. The maximum absolute atomic E-state index is 11.9. The molecule has 0 aliphatic heterocycles. The first-order valence-corrected chi connectivity index (χ1v) is 10.2. The zero-order valence-corrected chi connectivity index (χ0v) is 16.1. The van der Waals surface area contributed by atoms with Gasteiger partial charge < -0.3 is 10.1 Å². The number of thiazole rings is 1. The fraction of sp³-hybridized carbons (Fsp3) is 0.200. The number of aromatic nitrogens is 1. The largest absolute Gasteiger partial charge is 0.484 e. The fourth-order valence-electron chi connectivity index (χ4n) is 2.26. The number of rotatable bonds is 8. The van der Waals surface area contributed by atoms with Crippen molar-refractivity contribution in [2.24, 2.45) is 0 Å². The highest BCUT2D eigenvalue weighted by molar-refractivity contribution is 7.99. The van der Waals surface area contributed by atoms with Crippen LogP contribution >= 0.6 is 23.1 Å². The van der Waals surface area contributed by atoms with E-state index in [0.29, 0.717) is 12.3 Å². The topological polar surface area (TPSA) is 51.2 Å². The van der Waals surface area contributed by atoms with E-state index in [1.807, 2.05) is 54.8 Å². The van der Waals surface area contributed by atoms with E-state index in [-0.39, 0.29) is 12.5 Å². The van der Waals surface area contributed by atoms with Gasteiger partial charge in [0.2, 0.25) is 0 Å². The summed E-state index contributed by atoms with van der Waals surface area (Å²) in [7, 11) is 0. The lowest BCUT2D eigenvalue weighted by Gasteiger charge is -2.08. The molecule has 3 rings (SSSR count). The van der Waals surface area contributed by atoms with Crippen LogP contribution in [0.3, 0.4) is 0 Å². The summed E-state index contributed by atoms with van der Waals surface area (Å²) in [5.74, 6) is 1.40. The predicted octanol–water partition coefficient (Wildman–Crippen LogP) is 4.41. The molecule has 134 valence electrons. The zero-order valence-electron chi connectivity index (χ0n) is 14.5. The van der Waals surface area contributed by atoms with Gasteiger partial charge in [-0.2, -0.15) is 0 Å². The van der Waals surface area contributed by atoms with Crippen molar-refractivity contribution in [3.05, 3.63) is 65.7 Å². The minimum absolute atomic E-state index is 0.0196. The van der Waals surface area contributed by atoms with Crippen molar-refractivity contribution < 1.29 is 9.53 Å². The lowest BCUT2D eigenvalue weighted by Crippen LogP contribution is -2.30. The quantitative estimate of drug-likeness (QED) is 0.462. The molecule has 0 aliphatic carbocycles. The SMILES string of the molecule is Cc1csc(-c2ccc(OCC(=O)NCCSc3ccccc3)cc2)n1. The number of nitrogens with zero attached hydrogens (tertiary/aromatic N) is 1. The van der Waals surface area contributed by atoms with Crippen molar-refractivity contribution in [3.63, 3.8) is 0 Å². The highest BCUT2D eigenvalue weighted by Crippen LogP contribution is 2.25. The van der Waals surface area contributed by atoms with Gasteiger partial charge in [0.05, 0.1) is 0 Å². The molecule has 4 nitrogen and oxygen atoms in total. The first kappa shape index (κ1) is 18.5. The number of aryl methyl sites for hydroxylation is 1. The lowest BCUT2D eigenvalue weighted by molar-refractivity contribution is -0.122. The highest BCUT2D eigenvalue weighted by atomic mass is 32.2. The molecule has 1 amide bonds. The highest BCUT2D eigenvalue weighted by Gasteiger charge is 2.05. The zero-order chi connectivity index (χ0) is 18.2. The summed E-state index contributed by atoms with van der Waals surface area (Å²) in [5, 5.41) is 5.89. The second kappa shape index (κ2) is 9.40. The molecule has 0 saturated heterocycles. The molecule has 6 heteroatoms. The van der Waals surface area contributed by atoms with Crippen molar-refractivity contribution in [2.45, 2.75) is 11.8 Å². The van der Waals surface area contributed by atoms with E-state index < -0.39 is 0 Å². The van der Waals surface area contributed by atoms with E-state index >= 15 is 0 Å². The molecule has 0 radical (unpaired) electrons. The molecule has 0 saturated carbocycles. The van der Waals surface area contributed by atoms with Crippen LogP contribution in [0.25, 0.3) is 10.6 Å². The number of thioether (sulfide) groups is 1. The molecule has 0 spiro atoms. The van der Waals surface area contributed by atoms with Crippen LogP contribution in [0.15, 0.2) is 64.9 Å². The third kappa shape index (κ3) is 5.61. The Hall–Kier alpha value is -2.31. The van der Waals surface area contributed by atoms with Crippen molar-refractivity contribution in [3.8, 4) is 16.3 Å². The standard InChI is InChI=1S/C20H20N2O2S2/c1-15-14-26-20(22-15)16-7-9-17(10-8-16)24-13-19(23)21-11-12-25-18-5-3-2-4-6-18/h2-10,14H,11-13H2,1H3,(H,21,23). The Labute approximate surface area is 161 Å². The predicted molar refractivity (Wildman–Crippen MR) is 108 cm³/mol. The minimum atomic E-state index is -0.113. The van der Waals surface area contributed by atoms with Gasteiger partial charge in [0.15, 0.2) is 6.61 Å². The van der Waals surface area contributed by atoms with Gasteiger partial charge in [0, 0.05) is 33.8 Å². The summed E-state index contributed by atoms with van der Waals surface area (Å²) < 4.78 is 5.54. The van der Waals surface area contributed by atoms with E-state index in [1.165, 1.54) is 4.90 Å². The number of benzene rings is 2. The van der Waals surface area contributed by atoms with Crippen LogP contribution in [-0.4, -0.2) is 29.8 Å². The van der Waals surface area contributed by atoms with Gasteiger partial charge in [-0.15, -0.1) is 23.1 Å². The average Bonchev–Trinajstić information content (AvgIpc) is 3.11. The normalized spacial score (nSPS) is 10.5. The molecular weight excluding hydrogens is 364 g/mol. The van der Waals surface area contributed by atoms with Gasteiger partial charge in [-0.3, -0.25) is 4.79 Å². The third-order valence-electron chi connectivity index (χ3n) is 3.53. The second-order valence-electron chi connectivity index (χ2n) is 5.62. The van der Waals surface area contributed by atoms with Crippen molar-refractivity contribution in [1.82, 2.24) is 10.3 Å². The maximum atomic E-state index is 11.9. The van der Waals surface area contributed by atoms with Crippen LogP contribution < -0.4 is 10.1 Å². The molecular formula is C20H20N2O2S2. The second-order valence-corrected chi connectivity index (χ2v) is 7.64. The Kier molecular flexibility index (Phi) is 6.68. The lowest BCUT2D eigenvalue weighted by atomic mass is 10.2. The summed E-state index contributed by atoms with van der Waals surface area (Å²) in [6.07, 6.45) is 0. The number of hydrogen-bond donors (Lipinski definition) is 1. The van der Waals surface area contributed by atoms with E-state index in [1.54, 1.807) is 23.1 Å². The number of ether oxygens (including phenoxy) is 1. The summed E-state index contributed by atoms with van der Waals surface area (Å²) >= 11 is 3.34. The van der Waals surface area contributed by atoms with Crippen LogP contribution in [0.2, 0.25) is 0 Å². The fourth-order valence-corrected chi connectivity index (χ4v) is 3.85. The van der Waals surface area contributed by atoms with Crippen LogP contribution in [0.4, 0.5) is 0 Å². The van der Waals surface area contributed by atoms with Crippen LogP contribution in [0.5, 0.6) is 5.75 Å². The maximum Gasteiger partial charge on any atom is 0.257 e. The molecule has 26 heavy (non-hydrogen) atoms. The molecule has 0 fully saturated rings. The van der Waals surface area contributed by atoms with E-state index in [0.717, 1.165) is 22.0 Å². The van der Waals surface area contributed by atoms with Gasteiger partial charge in [0.1, 0.15) is 10.8 Å². The Bertz CT molecular complexity index is 833. The molecule has 0 bridgehead atoms. The van der Waals surface area contributed by atoms with E-state index in [2.05, 4.69) is 22.4 Å². The number of carbonyl (C=O) groups excluding carboxylic acids is 1. The number of amides is 1. The Morgan fingerprint density at radius 1 is 1.15 bits per heavy atom. The first-order valence-electron chi connectivity index (χ1n) is 8.30. The van der Waals surface area contributed by atoms with Gasteiger partial charge in [0.25, 0.3) is 5.91 Å². The number of carbonyl (C=O) groups is 1. The molecule has 1 heterocycles. The third-order valence-corrected chi connectivity index (χ3v) is 5.55. The van der Waals surface area contributed by atoms with Gasteiger partial charge in [-0.05, 0) is 43.3 Å². The van der Waals surface area contributed by atoms with Crippen LogP contribution in [0.1, 0.15) is 5.69 Å².